The second-order valence-corrected chi connectivity index (χ2v) is 7.04. The van der Waals surface area contributed by atoms with E-state index in [1.165, 1.54) is 5.70 Å². The zero-order valence-corrected chi connectivity index (χ0v) is 14.7. The van der Waals surface area contributed by atoms with Crippen LogP contribution in [-0.4, -0.2) is 28.1 Å². The Morgan fingerprint density at radius 3 is 2.88 bits per heavy atom. The number of rotatable bonds is 3. The van der Waals surface area contributed by atoms with Crippen molar-refractivity contribution in [2.75, 3.05) is 6.73 Å². The van der Waals surface area contributed by atoms with Crippen LogP contribution in [0.2, 0.25) is 0 Å². The van der Waals surface area contributed by atoms with Gasteiger partial charge in [-0.3, -0.25) is 4.79 Å². The van der Waals surface area contributed by atoms with Crippen LogP contribution in [0.4, 0.5) is 0 Å². The number of carbonyl (C=O) groups is 1. The number of carbonyl (C=O) groups excluding carboxylic acids is 1. The van der Waals surface area contributed by atoms with Gasteiger partial charge in [0.15, 0.2) is 6.73 Å². The zero-order valence-electron chi connectivity index (χ0n) is 14.7. The topological polar surface area (TPSA) is 67.7 Å². The van der Waals surface area contributed by atoms with E-state index >= 15 is 0 Å². The smallest absolute Gasteiger partial charge is 0.255 e. The summed E-state index contributed by atoms with van der Waals surface area (Å²) in [5, 5.41) is 6.48. The van der Waals surface area contributed by atoms with Gasteiger partial charge in [-0.05, 0) is 51.7 Å². The molecule has 1 amide bonds. The summed E-state index contributed by atoms with van der Waals surface area (Å²) in [6, 6.07) is 4.11. The van der Waals surface area contributed by atoms with Crippen molar-refractivity contribution in [1.29, 1.82) is 0 Å². The molecule has 2 aliphatic rings. The highest BCUT2D eigenvalue weighted by Gasteiger charge is 2.27. The predicted octanol–water partition coefficient (Wildman–Crippen LogP) is 2.90. The largest absolute Gasteiger partial charge is 0.479 e. The molecule has 134 valence electrons. The number of fused-ring (bicyclic) bond motifs is 1. The van der Waals surface area contributed by atoms with E-state index in [0.717, 1.165) is 42.7 Å². The summed E-state index contributed by atoms with van der Waals surface area (Å²) in [5.74, 6) is 0.503. The van der Waals surface area contributed by atoms with Crippen LogP contribution in [0.1, 0.15) is 48.9 Å². The number of allylic oxidation sites excluding steroid dienone is 1. The maximum absolute atomic E-state index is 12.7. The first kappa shape index (κ1) is 16.0. The highest BCUT2D eigenvalue weighted by Crippen LogP contribution is 2.30. The molecule has 6 heteroatoms. The molecule has 0 aromatic carbocycles. The molecule has 2 aromatic rings. The van der Waals surface area contributed by atoms with Gasteiger partial charge in [-0.2, -0.15) is 0 Å². The monoisotopic (exact) mass is 342 g/mol. The first-order valence-corrected chi connectivity index (χ1v) is 8.93. The Hall–Kier alpha value is -2.50. The summed E-state index contributed by atoms with van der Waals surface area (Å²) in [7, 11) is 0. The van der Waals surface area contributed by atoms with Crippen LogP contribution >= 0.6 is 0 Å². The fourth-order valence-electron chi connectivity index (χ4n) is 3.92. The average Bonchev–Trinajstić information content (AvgIpc) is 3.25. The molecule has 0 bridgehead atoms. The van der Waals surface area contributed by atoms with Crippen molar-refractivity contribution < 1.29 is 11.0 Å². The highest BCUT2D eigenvalue weighted by molar-refractivity contribution is 6.00. The van der Waals surface area contributed by atoms with Crippen molar-refractivity contribution in [3.63, 3.8) is 0 Å². The first-order valence-electron chi connectivity index (χ1n) is 8.93. The second-order valence-electron chi connectivity index (χ2n) is 7.04. The van der Waals surface area contributed by atoms with Crippen LogP contribution in [0, 0.1) is 19.8 Å². The van der Waals surface area contributed by atoms with Gasteiger partial charge in [-0.25, -0.2) is 4.98 Å². The standard InChI is InChI=1S/C19H24N4O2.H2/c1-12-9-13(2)23-8-7-16(18(23)21-12)19(24)22-15-5-3-14(4-6-15)17-10-25-11-20-17;/h7-10,14-15,20H,3-6,11H2,1-2H3,(H,22,24);1H. The van der Waals surface area contributed by atoms with E-state index in [1.54, 1.807) is 0 Å². The maximum atomic E-state index is 12.7. The van der Waals surface area contributed by atoms with Crippen LogP contribution in [0.25, 0.3) is 5.65 Å². The lowest BCUT2D eigenvalue weighted by Gasteiger charge is -2.29. The Morgan fingerprint density at radius 2 is 2.16 bits per heavy atom. The number of aryl methyl sites for hydroxylation is 2. The van der Waals surface area contributed by atoms with Gasteiger partial charge >= 0.3 is 0 Å². The lowest BCUT2D eigenvalue weighted by atomic mass is 9.84. The lowest BCUT2D eigenvalue weighted by molar-refractivity contribution is 0.0925. The Kier molecular flexibility index (Phi) is 4.11. The van der Waals surface area contributed by atoms with Gasteiger partial charge < -0.3 is 19.8 Å². The molecule has 25 heavy (non-hydrogen) atoms. The molecule has 1 aliphatic carbocycles. The van der Waals surface area contributed by atoms with Crippen molar-refractivity contribution >= 4 is 11.6 Å². The van der Waals surface area contributed by atoms with Crippen molar-refractivity contribution in [3.05, 3.63) is 47.2 Å². The molecule has 2 aromatic heterocycles. The van der Waals surface area contributed by atoms with Crippen LogP contribution in [0.15, 0.2) is 30.3 Å². The van der Waals surface area contributed by atoms with Crippen LogP contribution < -0.4 is 10.6 Å². The van der Waals surface area contributed by atoms with Crippen molar-refractivity contribution in [2.24, 2.45) is 5.92 Å². The molecule has 0 radical (unpaired) electrons. The van der Waals surface area contributed by atoms with E-state index in [0.29, 0.717) is 18.2 Å². The summed E-state index contributed by atoms with van der Waals surface area (Å²) in [4.78, 5) is 17.3. The Morgan fingerprint density at radius 1 is 1.36 bits per heavy atom. The quantitative estimate of drug-likeness (QED) is 0.900. The summed E-state index contributed by atoms with van der Waals surface area (Å²) in [6.45, 7) is 4.57. The summed E-state index contributed by atoms with van der Waals surface area (Å²) >= 11 is 0. The van der Waals surface area contributed by atoms with Gasteiger partial charge in [0.05, 0.1) is 11.3 Å². The van der Waals surface area contributed by atoms with Gasteiger partial charge in [-0.15, -0.1) is 0 Å². The van der Waals surface area contributed by atoms with E-state index in [2.05, 4.69) is 15.6 Å². The van der Waals surface area contributed by atoms with E-state index < -0.39 is 0 Å². The van der Waals surface area contributed by atoms with Crippen molar-refractivity contribution in [1.82, 2.24) is 20.0 Å². The third-order valence-corrected chi connectivity index (χ3v) is 5.26. The average molecular weight is 342 g/mol. The highest BCUT2D eigenvalue weighted by atomic mass is 16.5. The molecule has 0 saturated heterocycles. The Bertz CT molecular complexity index is 837. The van der Waals surface area contributed by atoms with Crippen LogP contribution in [-0.2, 0) is 4.74 Å². The maximum Gasteiger partial charge on any atom is 0.255 e. The third kappa shape index (κ3) is 3.08. The number of aromatic nitrogens is 2. The number of nitrogens with one attached hydrogen (secondary N) is 2. The molecular formula is C19H26N4O2. The molecule has 3 heterocycles. The van der Waals surface area contributed by atoms with E-state index in [9.17, 15) is 4.79 Å². The number of nitrogens with zero attached hydrogens (tertiary/aromatic N) is 2. The molecule has 4 rings (SSSR count). The molecule has 1 aliphatic heterocycles. The van der Waals surface area contributed by atoms with Gasteiger partial charge in [0.2, 0.25) is 0 Å². The molecule has 6 nitrogen and oxygen atoms in total. The lowest BCUT2D eigenvalue weighted by Crippen LogP contribution is -2.38. The number of ether oxygens (including phenoxy) is 1. The van der Waals surface area contributed by atoms with Gasteiger partial charge in [0.1, 0.15) is 11.9 Å². The van der Waals surface area contributed by atoms with Gasteiger partial charge in [0, 0.05) is 31.0 Å². The number of amides is 1. The molecule has 0 atom stereocenters. The van der Waals surface area contributed by atoms with Crippen LogP contribution in [0.3, 0.4) is 0 Å². The molecular weight excluding hydrogens is 316 g/mol. The minimum absolute atomic E-state index is 0. The fraction of sp³-hybridized carbons (Fsp3) is 0.474. The second kappa shape index (κ2) is 6.43. The molecule has 0 spiro atoms. The number of hydrogen-bond acceptors (Lipinski definition) is 4. The SMILES string of the molecule is Cc1cc(C)n2ccc(C(=O)NC3CCC(C4=COCN4)CC3)c2n1.[HH]. The Labute approximate surface area is 148 Å². The normalized spacial score (nSPS) is 23.0. The number of hydrogen-bond donors (Lipinski definition) is 2. The first-order chi connectivity index (χ1) is 12.1. The van der Waals surface area contributed by atoms with Crippen molar-refractivity contribution in [3.8, 4) is 0 Å². The van der Waals surface area contributed by atoms with E-state index in [4.69, 9.17) is 4.74 Å². The summed E-state index contributed by atoms with van der Waals surface area (Å²) in [6.07, 6.45) is 7.88. The zero-order chi connectivity index (χ0) is 17.4. The summed E-state index contributed by atoms with van der Waals surface area (Å²) in [5.41, 5.74) is 4.61. The van der Waals surface area contributed by atoms with Crippen molar-refractivity contribution in [2.45, 2.75) is 45.6 Å². The van der Waals surface area contributed by atoms with Crippen LogP contribution in [0.5, 0.6) is 0 Å². The minimum atomic E-state index is -0.0232. The van der Waals surface area contributed by atoms with E-state index in [1.807, 2.05) is 42.8 Å². The van der Waals surface area contributed by atoms with Gasteiger partial charge in [-0.1, -0.05) is 0 Å². The molecule has 1 fully saturated rings. The predicted molar refractivity (Wildman–Crippen MR) is 97.2 cm³/mol. The van der Waals surface area contributed by atoms with E-state index in [-0.39, 0.29) is 13.4 Å². The minimum Gasteiger partial charge on any atom is -0.479 e. The fourth-order valence-corrected chi connectivity index (χ4v) is 3.92. The third-order valence-electron chi connectivity index (χ3n) is 5.26. The Balaban J connectivity index is 0.00000196. The van der Waals surface area contributed by atoms with Gasteiger partial charge in [0.25, 0.3) is 5.91 Å². The molecule has 1 saturated carbocycles. The molecule has 2 N–H and O–H groups in total. The molecule has 0 unspecified atom stereocenters. The summed E-state index contributed by atoms with van der Waals surface area (Å²) < 4.78 is 7.23.